The van der Waals surface area contributed by atoms with Crippen LogP contribution in [-0.2, 0) is 11.3 Å². The molecule has 0 saturated heterocycles. The first-order valence-electron chi connectivity index (χ1n) is 8.59. The van der Waals surface area contributed by atoms with Gasteiger partial charge in [0.1, 0.15) is 5.82 Å². The number of hydrogen-bond acceptors (Lipinski definition) is 2. The number of aryl methyl sites for hydroxylation is 1. The maximum Gasteiger partial charge on any atom is 0.328 e. The molecule has 0 aliphatic rings. The Morgan fingerprint density at radius 2 is 1.79 bits per heavy atom. The van der Waals surface area contributed by atoms with Gasteiger partial charge in [-0.2, -0.15) is 0 Å². The van der Waals surface area contributed by atoms with Crippen molar-refractivity contribution in [2.24, 2.45) is 0 Å². The standard InChI is InChI=1S/C22H18Cl2N2O2/c1-15-25-22(24)20(11-12-21(27)28)26(15)14-18-10-9-17(13-19(18)23)8-7-16-5-3-2-4-6-16/h2-13H,14H2,1H3,(H,27,28)/b8-7+,12-11+. The maximum absolute atomic E-state index is 10.8. The predicted octanol–water partition coefficient (Wildman–Crippen LogP) is 5.81. The molecule has 6 heteroatoms. The first kappa shape index (κ1) is 19.9. The summed E-state index contributed by atoms with van der Waals surface area (Å²) in [5.74, 6) is -0.367. The Morgan fingerprint density at radius 3 is 2.46 bits per heavy atom. The average molecular weight is 413 g/mol. The fraction of sp³-hybridized carbons (Fsp3) is 0.0909. The van der Waals surface area contributed by atoms with E-state index in [1.807, 2.05) is 72.2 Å². The fourth-order valence-corrected chi connectivity index (χ4v) is 3.31. The van der Waals surface area contributed by atoms with E-state index in [1.54, 1.807) is 0 Å². The van der Waals surface area contributed by atoms with Crippen LogP contribution in [0.1, 0.15) is 28.2 Å². The number of imidazole rings is 1. The smallest absolute Gasteiger partial charge is 0.328 e. The number of benzene rings is 2. The topological polar surface area (TPSA) is 55.1 Å². The molecule has 0 amide bonds. The number of rotatable bonds is 6. The Labute approximate surface area is 173 Å². The highest BCUT2D eigenvalue weighted by atomic mass is 35.5. The molecule has 0 saturated carbocycles. The highest BCUT2D eigenvalue weighted by Crippen LogP contribution is 2.25. The van der Waals surface area contributed by atoms with E-state index < -0.39 is 5.97 Å². The molecule has 28 heavy (non-hydrogen) atoms. The van der Waals surface area contributed by atoms with Gasteiger partial charge in [0.05, 0.1) is 12.2 Å². The minimum Gasteiger partial charge on any atom is -0.478 e. The van der Waals surface area contributed by atoms with Gasteiger partial charge in [0.2, 0.25) is 0 Å². The Hall–Kier alpha value is -2.82. The summed E-state index contributed by atoms with van der Waals surface area (Å²) in [7, 11) is 0. The van der Waals surface area contributed by atoms with Crippen LogP contribution in [0.15, 0.2) is 54.6 Å². The number of nitrogens with zero attached hydrogens (tertiary/aromatic N) is 2. The molecule has 4 nitrogen and oxygen atoms in total. The van der Waals surface area contributed by atoms with Gasteiger partial charge >= 0.3 is 5.97 Å². The number of carboxylic acid groups (broad SMARTS) is 1. The first-order valence-corrected chi connectivity index (χ1v) is 9.35. The largest absolute Gasteiger partial charge is 0.478 e. The number of carboxylic acids is 1. The van der Waals surface area contributed by atoms with Crippen molar-refractivity contribution in [2.45, 2.75) is 13.5 Å². The normalized spacial score (nSPS) is 11.5. The molecular weight excluding hydrogens is 395 g/mol. The minimum absolute atomic E-state index is 0.258. The SMILES string of the molecule is Cc1nc(Cl)c(/C=C/C(=O)O)n1Cc1ccc(/C=C/c2ccccc2)cc1Cl. The molecular formula is C22H18Cl2N2O2. The van der Waals surface area contributed by atoms with Crippen molar-refractivity contribution in [2.75, 3.05) is 0 Å². The third-order valence-electron chi connectivity index (χ3n) is 4.21. The molecule has 0 unspecified atom stereocenters. The van der Waals surface area contributed by atoms with E-state index >= 15 is 0 Å². The molecule has 0 radical (unpaired) electrons. The zero-order valence-electron chi connectivity index (χ0n) is 15.1. The summed E-state index contributed by atoms with van der Waals surface area (Å²) in [5.41, 5.74) is 3.52. The maximum atomic E-state index is 10.8. The van der Waals surface area contributed by atoms with E-state index in [4.69, 9.17) is 28.3 Å². The lowest BCUT2D eigenvalue weighted by Gasteiger charge is -2.10. The quantitative estimate of drug-likeness (QED) is 0.410. The van der Waals surface area contributed by atoms with Gasteiger partial charge in [-0.25, -0.2) is 9.78 Å². The molecule has 1 aromatic heterocycles. The van der Waals surface area contributed by atoms with Crippen LogP contribution in [0.4, 0.5) is 0 Å². The zero-order chi connectivity index (χ0) is 20.1. The summed E-state index contributed by atoms with van der Waals surface area (Å²) in [6, 6.07) is 15.9. The molecule has 0 aliphatic heterocycles. The van der Waals surface area contributed by atoms with Crippen molar-refractivity contribution in [3.8, 4) is 0 Å². The van der Waals surface area contributed by atoms with Crippen molar-refractivity contribution in [3.63, 3.8) is 0 Å². The van der Waals surface area contributed by atoms with E-state index in [2.05, 4.69) is 4.98 Å². The third-order valence-corrected chi connectivity index (χ3v) is 4.84. The van der Waals surface area contributed by atoms with Crippen LogP contribution in [-0.4, -0.2) is 20.6 Å². The Kier molecular flexibility index (Phi) is 6.34. The van der Waals surface area contributed by atoms with Gasteiger partial charge in [-0.05, 0) is 35.8 Å². The van der Waals surface area contributed by atoms with Crippen LogP contribution in [0, 0.1) is 6.92 Å². The van der Waals surface area contributed by atoms with Gasteiger partial charge in [0.25, 0.3) is 0 Å². The number of aromatic nitrogens is 2. The van der Waals surface area contributed by atoms with E-state index in [9.17, 15) is 4.79 Å². The van der Waals surface area contributed by atoms with Gasteiger partial charge in [0, 0.05) is 11.1 Å². The van der Waals surface area contributed by atoms with Crippen molar-refractivity contribution >= 4 is 47.4 Å². The summed E-state index contributed by atoms with van der Waals surface area (Å²) in [4.78, 5) is 15.1. The second kappa shape index (κ2) is 8.91. The third kappa shape index (κ3) is 4.91. The van der Waals surface area contributed by atoms with Gasteiger partial charge in [0.15, 0.2) is 5.15 Å². The van der Waals surface area contributed by atoms with E-state index in [-0.39, 0.29) is 5.15 Å². The monoisotopic (exact) mass is 412 g/mol. The van der Waals surface area contributed by atoms with Crippen LogP contribution in [0.5, 0.6) is 0 Å². The predicted molar refractivity (Wildman–Crippen MR) is 115 cm³/mol. The van der Waals surface area contributed by atoms with Gasteiger partial charge in [-0.15, -0.1) is 0 Å². The minimum atomic E-state index is -1.05. The molecule has 0 aliphatic carbocycles. The lowest BCUT2D eigenvalue weighted by atomic mass is 10.1. The molecule has 142 valence electrons. The molecule has 1 N–H and O–H groups in total. The van der Waals surface area contributed by atoms with Crippen LogP contribution < -0.4 is 0 Å². The molecule has 3 aromatic rings. The van der Waals surface area contributed by atoms with Crippen molar-refractivity contribution in [3.05, 3.63) is 93.0 Å². The summed E-state index contributed by atoms with van der Waals surface area (Å²) in [6.07, 6.45) is 6.51. The summed E-state index contributed by atoms with van der Waals surface area (Å²) < 4.78 is 1.84. The Balaban J connectivity index is 1.84. The van der Waals surface area contributed by atoms with Crippen molar-refractivity contribution in [1.82, 2.24) is 9.55 Å². The molecule has 0 spiro atoms. The fourth-order valence-electron chi connectivity index (χ4n) is 2.78. The number of halogens is 2. The highest BCUT2D eigenvalue weighted by Gasteiger charge is 2.13. The van der Waals surface area contributed by atoms with Gasteiger partial charge in [-0.3, -0.25) is 0 Å². The summed E-state index contributed by atoms with van der Waals surface area (Å²) in [5, 5.41) is 9.75. The molecule has 0 fully saturated rings. The summed E-state index contributed by atoms with van der Waals surface area (Å²) in [6.45, 7) is 2.25. The average Bonchev–Trinajstić information content (AvgIpc) is 2.93. The van der Waals surface area contributed by atoms with Gasteiger partial charge in [-0.1, -0.05) is 77.8 Å². The lowest BCUT2D eigenvalue weighted by molar-refractivity contribution is -0.131. The van der Waals surface area contributed by atoms with Crippen LogP contribution in [0.25, 0.3) is 18.2 Å². The number of carbonyl (C=O) groups is 1. The molecule has 2 aromatic carbocycles. The Morgan fingerprint density at radius 1 is 1.07 bits per heavy atom. The molecule has 0 atom stereocenters. The molecule has 1 heterocycles. The molecule has 0 bridgehead atoms. The number of aliphatic carboxylic acids is 1. The van der Waals surface area contributed by atoms with E-state index in [1.165, 1.54) is 6.08 Å². The second-order valence-corrected chi connectivity index (χ2v) is 6.95. The first-order chi connectivity index (χ1) is 13.4. The van der Waals surface area contributed by atoms with Crippen molar-refractivity contribution in [1.29, 1.82) is 0 Å². The van der Waals surface area contributed by atoms with Crippen LogP contribution in [0.3, 0.4) is 0 Å². The highest BCUT2D eigenvalue weighted by molar-refractivity contribution is 6.31. The lowest BCUT2D eigenvalue weighted by Crippen LogP contribution is -2.05. The van der Waals surface area contributed by atoms with E-state index in [0.717, 1.165) is 22.8 Å². The van der Waals surface area contributed by atoms with Crippen LogP contribution >= 0.6 is 23.2 Å². The molecule has 3 rings (SSSR count). The summed E-state index contributed by atoms with van der Waals surface area (Å²) >= 11 is 12.6. The zero-order valence-corrected chi connectivity index (χ0v) is 16.7. The Bertz CT molecular complexity index is 1050. The van der Waals surface area contributed by atoms with E-state index in [0.29, 0.717) is 23.1 Å². The van der Waals surface area contributed by atoms with Gasteiger partial charge < -0.3 is 9.67 Å². The number of hydrogen-bond donors (Lipinski definition) is 1. The second-order valence-electron chi connectivity index (χ2n) is 6.19. The van der Waals surface area contributed by atoms with Crippen LogP contribution in [0.2, 0.25) is 10.2 Å². The van der Waals surface area contributed by atoms with Crippen molar-refractivity contribution < 1.29 is 9.90 Å².